The van der Waals surface area contributed by atoms with Gasteiger partial charge in [0.05, 0.1) is 11.3 Å². The minimum atomic E-state index is -0.0502. The van der Waals surface area contributed by atoms with Gasteiger partial charge in [-0.1, -0.05) is 30.3 Å². The highest BCUT2D eigenvalue weighted by Crippen LogP contribution is 2.27. The summed E-state index contributed by atoms with van der Waals surface area (Å²) in [4.78, 5) is 30.3. The van der Waals surface area contributed by atoms with E-state index in [4.69, 9.17) is 0 Å². The van der Waals surface area contributed by atoms with Crippen molar-refractivity contribution in [3.8, 4) is 0 Å². The number of pyridine rings is 1. The summed E-state index contributed by atoms with van der Waals surface area (Å²) in [5.41, 5.74) is 4.71. The van der Waals surface area contributed by atoms with Crippen molar-refractivity contribution in [3.05, 3.63) is 70.0 Å². The van der Waals surface area contributed by atoms with Crippen LogP contribution in [0.4, 0.5) is 5.69 Å². The van der Waals surface area contributed by atoms with Crippen LogP contribution in [0, 0.1) is 13.8 Å². The Hall–Kier alpha value is -2.73. The van der Waals surface area contributed by atoms with Crippen LogP contribution in [0.3, 0.4) is 0 Å². The van der Waals surface area contributed by atoms with Crippen LogP contribution in [0.1, 0.15) is 11.1 Å². The molecule has 0 radical (unpaired) electrons. The van der Waals surface area contributed by atoms with Gasteiger partial charge in [-0.05, 0) is 37.1 Å². The largest absolute Gasteiger partial charge is 0.368 e. The Bertz CT molecular complexity index is 1150. The third-order valence-electron chi connectivity index (χ3n) is 6.02. The van der Waals surface area contributed by atoms with E-state index in [0.29, 0.717) is 5.75 Å². The van der Waals surface area contributed by atoms with Gasteiger partial charge in [-0.2, -0.15) is 0 Å². The van der Waals surface area contributed by atoms with E-state index in [0.717, 1.165) is 42.0 Å². The zero-order valence-electron chi connectivity index (χ0n) is 17.7. The van der Waals surface area contributed by atoms with Gasteiger partial charge in [0.2, 0.25) is 5.91 Å². The van der Waals surface area contributed by atoms with E-state index in [9.17, 15) is 9.59 Å². The summed E-state index contributed by atoms with van der Waals surface area (Å²) >= 11 is 1.46. The van der Waals surface area contributed by atoms with Gasteiger partial charge in [0, 0.05) is 55.3 Å². The molecule has 2 aromatic carbocycles. The Morgan fingerprint density at radius 1 is 1.00 bits per heavy atom. The average molecular weight is 422 g/mol. The quantitative estimate of drug-likeness (QED) is 0.604. The monoisotopic (exact) mass is 421 g/mol. The molecule has 1 amide bonds. The van der Waals surface area contributed by atoms with E-state index < -0.39 is 0 Å². The third kappa shape index (κ3) is 3.97. The normalized spacial score (nSPS) is 14.4. The second kappa shape index (κ2) is 8.56. The van der Waals surface area contributed by atoms with Gasteiger partial charge in [-0.15, -0.1) is 11.8 Å². The molecular weight excluding hydrogens is 394 g/mol. The molecule has 1 saturated heterocycles. The molecule has 5 nitrogen and oxygen atoms in total. The van der Waals surface area contributed by atoms with E-state index >= 15 is 0 Å². The van der Waals surface area contributed by atoms with Gasteiger partial charge in [-0.25, -0.2) is 0 Å². The van der Waals surface area contributed by atoms with Gasteiger partial charge >= 0.3 is 0 Å². The molecule has 1 aromatic heterocycles. The number of hydrogen-bond donors (Lipinski definition) is 0. The lowest BCUT2D eigenvalue weighted by Crippen LogP contribution is -2.49. The molecule has 1 aliphatic rings. The summed E-state index contributed by atoms with van der Waals surface area (Å²) < 4.78 is 1.65. The van der Waals surface area contributed by atoms with Crippen molar-refractivity contribution in [2.24, 2.45) is 7.05 Å². The molecule has 30 heavy (non-hydrogen) atoms. The third-order valence-corrected chi connectivity index (χ3v) is 7.06. The average Bonchev–Trinajstić information content (AvgIpc) is 2.77. The predicted octanol–water partition coefficient (Wildman–Crippen LogP) is 3.60. The van der Waals surface area contributed by atoms with Crippen LogP contribution in [0.25, 0.3) is 10.9 Å². The van der Waals surface area contributed by atoms with Crippen molar-refractivity contribution in [2.45, 2.75) is 18.7 Å². The summed E-state index contributed by atoms with van der Waals surface area (Å²) in [6, 6.07) is 15.9. The first-order valence-corrected chi connectivity index (χ1v) is 11.2. The van der Waals surface area contributed by atoms with E-state index in [1.54, 1.807) is 17.7 Å². The smallest absolute Gasteiger partial charge is 0.251 e. The molecule has 0 bridgehead atoms. The number of carbonyl (C=O) groups excluding carboxylic acids is 1. The zero-order chi connectivity index (χ0) is 21.3. The number of amides is 1. The Balaban J connectivity index is 1.41. The number of aromatic nitrogens is 1. The molecule has 2 heterocycles. The second-order valence-electron chi connectivity index (χ2n) is 7.80. The van der Waals surface area contributed by atoms with Crippen molar-refractivity contribution in [1.29, 1.82) is 0 Å². The molecule has 0 N–H and O–H groups in total. The Morgan fingerprint density at radius 3 is 2.50 bits per heavy atom. The fraction of sp³-hybridized carbons (Fsp3) is 0.333. The molecule has 6 heteroatoms. The summed E-state index contributed by atoms with van der Waals surface area (Å²) in [6.45, 7) is 7.43. The standard InChI is InChI=1S/C24H27N3O2S/c1-17-7-6-10-20(18(17)2)26-11-13-27(14-12-26)24(29)16-30-22-15-23(28)25(3)21-9-5-4-8-19(21)22/h4-10,15H,11-14,16H2,1-3H3. The van der Waals surface area contributed by atoms with Gasteiger partial charge < -0.3 is 14.4 Å². The number of piperazine rings is 1. The van der Waals surface area contributed by atoms with Crippen LogP contribution in [-0.4, -0.2) is 47.3 Å². The van der Waals surface area contributed by atoms with E-state index in [-0.39, 0.29) is 11.5 Å². The maximum Gasteiger partial charge on any atom is 0.251 e. The summed E-state index contributed by atoms with van der Waals surface area (Å²) in [5.74, 6) is 0.478. The number of rotatable bonds is 4. The van der Waals surface area contributed by atoms with Crippen LogP contribution < -0.4 is 10.5 Å². The fourth-order valence-electron chi connectivity index (χ4n) is 4.01. The first kappa shape index (κ1) is 20.5. The summed E-state index contributed by atoms with van der Waals surface area (Å²) in [7, 11) is 1.78. The van der Waals surface area contributed by atoms with Crippen molar-refractivity contribution >= 4 is 34.3 Å². The lowest BCUT2D eigenvalue weighted by Gasteiger charge is -2.37. The Labute approximate surface area is 181 Å². The molecule has 0 spiro atoms. The van der Waals surface area contributed by atoms with E-state index in [1.165, 1.54) is 28.6 Å². The van der Waals surface area contributed by atoms with Crippen LogP contribution in [0.15, 0.2) is 58.2 Å². The Kier molecular flexibility index (Phi) is 5.86. The molecule has 0 atom stereocenters. The SMILES string of the molecule is Cc1cccc(N2CCN(C(=O)CSc3cc(=O)n(C)c4ccccc34)CC2)c1C. The number of anilines is 1. The highest BCUT2D eigenvalue weighted by atomic mass is 32.2. The minimum absolute atomic E-state index is 0.0502. The number of hydrogen-bond acceptors (Lipinski definition) is 4. The maximum atomic E-state index is 12.8. The first-order valence-electron chi connectivity index (χ1n) is 10.3. The van der Waals surface area contributed by atoms with Crippen molar-refractivity contribution in [2.75, 3.05) is 36.8 Å². The zero-order valence-corrected chi connectivity index (χ0v) is 18.5. The van der Waals surface area contributed by atoms with Crippen LogP contribution in [0.2, 0.25) is 0 Å². The fourth-order valence-corrected chi connectivity index (χ4v) is 4.98. The number of nitrogens with zero attached hydrogens (tertiary/aromatic N) is 3. The lowest BCUT2D eigenvalue weighted by molar-refractivity contribution is -0.128. The number of fused-ring (bicyclic) bond motifs is 1. The highest BCUT2D eigenvalue weighted by Gasteiger charge is 2.22. The Morgan fingerprint density at radius 2 is 1.73 bits per heavy atom. The van der Waals surface area contributed by atoms with E-state index in [1.807, 2.05) is 29.2 Å². The number of thioether (sulfide) groups is 1. The molecule has 3 aromatic rings. The topological polar surface area (TPSA) is 45.6 Å². The predicted molar refractivity (Wildman–Crippen MR) is 125 cm³/mol. The number of para-hydroxylation sites is 1. The molecule has 156 valence electrons. The van der Waals surface area contributed by atoms with Gasteiger partial charge in [-0.3, -0.25) is 9.59 Å². The summed E-state index contributed by atoms with van der Waals surface area (Å²) in [6.07, 6.45) is 0. The van der Waals surface area contributed by atoms with E-state index in [2.05, 4.69) is 36.9 Å². The molecule has 0 aliphatic carbocycles. The molecule has 0 unspecified atom stereocenters. The highest BCUT2D eigenvalue weighted by molar-refractivity contribution is 8.00. The van der Waals surface area contributed by atoms with Gasteiger partial charge in [0.1, 0.15) is 0 Å². The minimum Gasteiger partial charge on any atom is -0.368 e. The van der Waals surface area contributed by atoms with Crippen LogP contribution >= 0.6 is 11.8 Å². The van der Waals surface area contributed by atoms with Crippen molar-refractivity contribution in [3.63, 3.8) is 0 Å². The van der Waals surface area contributed by atoms with Crippen molar-refractivity contribution in [1.82, 2.24) is 9.47 Å². The second-order valence-corrected chi connectivity index (χ2v) is 8.82. The molecular formula is C24H27N3O2S. The molecule has 0 saturated carbocycles. The summed E-state index contributed by atoms with van der Waals surface area (Å²) in [5, 5.41) is 1.01. The van der Waals surface area contributed by atoms with Crippen molar-refractivity contribution < 1.29 is 4.79 Å². The molecule has 1 aliphatic heterocycles. The van der Waals surface area contributed by atoms with Gasteiger partial charge in [0.25, 0.3) is 5.56 Å². The van der Waals surface area contributed by atoms with Crippen LogP contribution in [-0.2, 0) is 11.8 Å². The number of carbonyl (C=O) groups is 1. The number of benzene rings is 2. The molecule has 1 fully saturated rings. The molecule has 4 rings (SSSR count). The maximum absolute atomic E-state index is 12.8. The van der Waals surface area contributed by atoms with Crippen LogP contribution in [0.5, 0.6) is 0 Å². The first-order chi connectivity index (χ1) is 14.5. The lowest BCUT2D eigenvalue weighted by atomic mass is 10.1. The van der Waals surface area contributed by atoms with Gasteiger partial charge in [0.15, 0.2) is 0 Å². The number of aryl methyl sites for hydroxylation is 2.